The number of benzene rings is 2. The van der Waals surface area contributed by atoms with Gasteiger partial charge in [-0.3, -0.25) is 4.79 Å². The highest BCUT2D eigenvalue weighted by molar-refractivity contribution is 5.80. The molecule has 0 bridgehead atoms. The topological polar surface area (TPSA) is 62.8 Å². The second kappa shape index (κ2) is 11.6. The van der Waals surface area contributed by atoms with Gasteiger partial charge in [-0.25, -0.2) is 0 Å². The van der Waals surface area contributed by atoms with E-state index in [1.54, 1.807) is 7.11 Å². The lowest BCUT2D eigenvalue weighted by atomic mass is 9.87. The molecule has 6 heteroatoms. The van der Waals surface area contributed by atoms with Crippen molar-refractivity contribution >= 4 is 5.91 Å². The van der Waals surface area contributed by atoms with Crippen LogP contribution in [0.15, 0.2) is 48.5 Å². The summed E-state index contributed by atoms with van der Waals surface area (Å²) >= 11 is 0. The number of ether oxygens (including phenoxy) is 2. The van der Waals surface area contributed by atoms with Crippen molar-refractivity contribution in [1.82, 2.24) is 15.5 Å². The molecule has 0 aliphatic carbocycles. The number of hydrogen-bond acceptors (Lipinski definition) is 5. The van der Waals surface area contributed by atoms with E-state index in [2.05, 4.69) is 59.0 Å². The number of carbonyl (C=O) groups is 1. The number of amides is 1. The fourth-order valence-electron chi connectivity index (χ4n) is 4.95. The van der Waals surface area contributed by atoms with Gasteiger partial charge >= 0.3 is 0 Å². The third-order valence-electron chi connectivity index (χ3n) is 6.91. The number of likely N-dealkylation sites (N-methyl/N-ethyl adjacent to an activating group) is 1. The van der Waals surface area contributed by atoms with Crippen LogP contribution in [0, 0.1) is 5.92 Å². The van der Waals surface area contributed by atoms with E-state index in [0.29, 0.717) is 12.6 Å². The smallest absolute Gasteiger partial charge is 0.225 e. The molecule has 6 nitrogen and oxygen atoms in total. The fourth-order valence-corrected chi connectivity index (χ4v) is 4.95. The minimum Gasteiger partial charge on any atom is -0.497 e. The molecule has 2 aromatic carbocycles. The molecule has 2 saturated heterocycles. The number of nitrogens with one attached hydrogen (secondary N) is 2. The van der Waals surface area contributed by atoms with E-state index in [9.17, 15) is 4.79 Å². The van der Waals surface area contributed by atoms with Crippen LogP contribution in [0.2, 0.25) is 0 Å². The minimum atomic E-state index is -0.0235. The third kappa shape index (κ3) is 6.56. The molecule has 2 aliphatic rings. The molecule has 4 rings (SSSR count). The second-order valence-corrected chi connectivity index (χ2v) is 9.34. The number of carbonyl (C=O) groups excluding carboxylic acids is 1. The largest absolute Gasteiger partial charge is 0.497 e. The highest BCUT2D eigenvalue weighted by Crippen LogP contribution is 2.32. The summed E-state index contributed by atoms with van der Waals surface area (Å²) in [5, 5.41) is 6.86. The molecule has 2 N–H and O–H groups in total. The highest BCUT2D eigenvalue weighted by atomic mass is 16.5. The Kier molecular flexibility index (Phi) is 8.37. The summed E-state index contributed by atoms with van der Waals surface area (Å²) in [7, 11) is 3.77. The predicted molar refractivity (Wildman–Crippen MR) is 131 cm³/mol. The van der Waals surface area contributed by atoms with Crippen molar-refractivity contribution in [3.05, 3.63) is 65.2 Å². The molecule has 0 aromatic heterocycles. The molecule has 33 heavy (non-hydrogen) atoms. The van der Waals surface area contributed by atoms with Crippen molar-refractivity contribution in [3.63, 3.8) is 0 Å². The molecule has 2 aliphatic heterocycles. The van der Waals surface area contributed by atoms with E-state index in [1.807, 2.05) is 12.1 Å². The average molecular weight is 452 g/mol. The third-order valence-corrected chi connectivity index (χ3v) is 6.91. The number of methoxy groups -OCH3 is 1. The Labute approximate surface area is 197 Å². The Balaban J connectivity index is 1.32. The molecule has 0 radical (unpaired) electrons. The molecular weight excluding hydrogens is 414 g/mol. The molecule has 0 spiro atoms. The first-order valence-corrected chi connectivity index (χ1v) is 12.1. The Bertz CT molecular complexity index is 896. The maximum absolute atomic E-state index is 13.1. The van der Waals surface area contributed by atoms with Gasteiger partial charge in [0.15, 0.2) is 0 Å². The van der Waals surface area contributed by atoms with Crippen LogP contribution in [0.5, 0.6) is 5.75 Å². The van der Waals surface area contributed by atoms with Crippen molar-refractivity contribution in [2.24, 2.45) is 5.92 Å². The lowest BCUT2D eigenvalue weighted by molar-refractivity contribution is -0.124. The number of rotatable bonds is 9. The van der Waals surface area contributed by atoms with Crippen LogP contribution in [-0.4, -0.2) is 63.9 Å². The highest BCUT2D eigenvalue weighted by Gasteiger charge is 2.36. The van der Waals surface area contributed by atoms with E-state index in [-0.39, 0.29) is 17.7 Å². The monoisotopic (exact) mass is 451 g/mol. The van der Waals surface area contributed by atoms with Gasteiger partial charge in [-0.15, -0.1) is 0 Å². The number of nitrogens with zero attached hydrogens (tertiary/aromatic N) is 1. The zero-order valence-electron chi connectivity index (χ0n) is 19.9. The standard InChI is InChI=1S/C27H37N3O3/c1-30-18-25(22-5-3-4-21(16-22)17-29-23-11-14-33-15-12-23)26(19-30)27(31)28-13-10-20-6-8-24(32-2)9-7-20/h3-9,16,23,25-26,29H,10-15,17-19H2,1-2H3,(H,28,31)/t25-,26+/m1/s1. The summed E-state index contributed by atoms with van der Waals surface area (Å²) in [5.41, 5.74) is 3.74. The zero-order chi connectivity index (χ0) is 23.0. The minimum absolute atomic E-state index is 0.0235. The average Bonchev–Trinajstić information content (AvgIpc) is 3.26. The van der Waals surface area contributed by atoms with Gasteiger partial charge in [0.25, 0.3) is 0 Å². The van der Waals surface area contributed by atoms with Crippen molar-refractivity contribution in [2.45, 2.75) is 37.8 Å². The molecule has 2 aromatic rings. The lowest BCUT2D eigenvalue weighted by Crippen LogP contribution is -2.35. The van der Waals surface area contributed by atoms with Gasteiger partial charge < -0.3 is 25.0 Å². The summed E-state index contributed by atoms with van der Waals surface area (Å²) in [4.78, 5) is 15.4. The van der Waals surface area contributed by atoms with Crippen molar-refractivity contribution < 1.29 is 14.3 Å². The zero-order valence-corrected chi connectivity index (χ0v) is 19.9. The van der Waals surface area contributed by atoms with Crippen molar-refractivity contribution in [2.75, 3.05) is 47.0 Å². The van der Waals surface area contributed by atoms with E-state index in [1.165, 1.54) is 16.7 Å². The van der Waals surface area contributed by atoms with Crippen LogP contribution >= 0.6 is 0 Å². The first-order chi connectivity index (χ1) is 16.1. The Morgan fingerprint density at radius 1 is 1.09 bits per heavy atom. The van der Waals surface area contributed by atoms with Gasteiger partial charge in [0, 0.05) is 51.4 Å². The van der Waals surface area contributed by atoms with E-state index < -0.39 is 0 Å². The van der Waals surface area contributed by atoms with Crippen LogP contribution in [0.1, 0.15) is 35.4 Å². The van der Waals surface area contributed by atoms with Gasteiger partial charge in [0.05, 0.1) is 13.0 Å². The van der Waals surface area contributed by atoms with Crippen molar-refractivity contribution in [1.29, 1.82) is 0 Å². The Hall–Kier alpha value is -2.41. The second-order valence-electron chi connectivity index (χ2n) is 9.34. The van der Waals surface area contributed by atoms with Crippen LogP contribution in [0.25, 0.3) is 0 Å². The van der Waals surface area contributed by atoms with Crippen molar-refractivity contribution in [3.8, 4) is 5.75 Å². The number of likely N-dealkylation sites (tertiary alicyclic amines) is 1. The quantitative estimate of drug-likeness (QED) is 0.614. The van der Waals surface area contributed by atoms with Crippen LogP contribution in [-0.2, 0) is 22.5 Å². The van der Waals surface area contributed by atoms with E-state index in [4.69, 9.17) is 9.47 Å². The van der Waals surface area contributed by atoms with Gasteiger partial charge in [-0.2, -0.15) is 0 Å². The molecule has 1 amide bonds. The normalized spacial score (nSPS) is 21.8. The fraction of sp³-hybridized carbons (Fsp3) is 0.519. The molecule has 178 valence electrons. The summed E-state index contributed by atoms with van der Waals surface area (Å²) in [6.45, 7) is 4.91. The number of hydrogen-bond donors (Lipinski definition) is 2. The molecule has 2 atom stereocenters. The van der Waals surface area contributed by atoms with E-state index in [0.717, 1.165) is 57.9 Å². The SMILES string of the molecule is COc1ccc(CCNC(=O)[C@H]2CN(C)C[C@@H]2c2cccc(CNC3CCOCC3)c2)cc1. The Morgan fingerprint density at radius 2 is 1.88 bits per heavy atom. The van der Waals surface area contributed by atoms with Gasteiger partial charge in [-0.1, -0.05) is 36.4 Å². The van der Waals surface area contributed by atoms with E-state index >= 15 is 0 Å². The van der Waals surface area contributed by atoms with Gasteiger partial charge in [0.2, 0.25) is 5.91 Å². The first-order valence-electron chi connectivity index (χ1n) is 12.1. The van der Waals surface area contributed by atoms with Gasteiger partial charge in [0.1, 0.15) is 5.75 Å². The summed E-state index contributed by atoms with van der Waals surface area (Å²) < 4.78 is 10.7. The maximum atomic E-state index is 13.1. The summed E-state index contributed by atoms with van der Waals surface area (Å²) in [6, 6.07) is 17.3. The molecule has 2 fully saturated rings. The van der Waals surface area contributed by atoms with Crippen LogP contribution < -0.4 is 15.4 Å². The lowest BCUT2D eigenvalue weighted by Gasteiger charge is -2.24. The van der Waals surface area contributed by atoms with Crippen LogP contribution in [0.4, 0.5) is 0 Å². The molecule has 2 heterocycles. The summed E-state index contributed by atoms with van der Waals surface area (Å²) in [5.74, 6) is 1.21. The van der Waals surface area contributed by atoms with Crippen LogP contribution in [0.3, 0.4) is 0 Å². The first kappa shape index (κ1) is 23.7. The molecular formula is C27H37N3O3. The summed E-state index contributed by atoms with van der Waals surface area (Å²) in [6.07, 6.45) is 2.97. The molecule has 0 saturated carbocycles. The van der Waals surface area contributed by atoms with Gasteiger partial charge in [-0.05, 0) is 55.1 Å². The predicted octanol–water partition coefficient (Wildman–Crippen LogP) is 2.97. The maximum Gasteiger partial charge on any atom is 0.225 e. The molecule has 0 unspecified atom stereocenters. The Morgan fingerprint density at radius 3 is 2.64 bits per heavy atom.